The molecular formula is C24H18ClN3O4S2. The number of hydrogen-bond acceptors (Lipinski definition) is 5. The van der Waals surface area contributed by atoms with Crippen molar-refractivity contribution in [2.24, 2.45) is 4.99 Å². The first-order chi connectivity index (χ1) is 16.3. The number of aromatic nitrogens is 1. The molecule has 0 fully saturated rings. The summed E-state index contributed by atoms with van der Waals surface area (Å²) in [6, 6.07) is 17.4. The summed E-state index contributed by atoms with van der Waals surface area (Å²) in [5.41, 5.74) is 1.46. The number of fused-ring (bicyclic) bond motifs is 1. The van der Waals surface area contributed by atoms with Crippen molar-refractivity contribution in [2.75, 3.05) is 11.8 Å². The van der Waals surface area contributed by atoms with E-state index < -0.39 is 15.9 Å². The first kappa shape index (κ1) is 23.6. The highest BCUT2D eigenvalue weighted by Gasteiger charge is 2.15. The molecule has 0 aliphatic heterocycles. The Labute approximate surface area is 205 Å². The highest BCUT2D eigenvalue weighted by Crippen LogP contribution is 2.23. The Morgan fingerprint density at radius 3 is 2.50 bits per heavy atom. The van der Waals surface area contributed by atoms with Gasteiger partial charge >= 0.3 is 0 Å². The molecule has 172 valence electrons. The Morgan fingerprint density at radius 2 is 1.85 bits per heavy atom. The molecule has 0 atom stereocenters. The summed E-state index contributed by atoms with van der Waals surface area (Å²) in [6.45, 7) is 0.254. The second kappa shape index (κ2) is 9.73. The summed E-state index contributed by atoms with van der Waals surface area (Å²) in [6.07, 6.45) is 5.51. The second-order valence-electron chi connectivity index (χ2n) is 7.06. The summed E-state index contributed by atoms with van der Waals surface area (Å²) in [5.74, 6) is 2.80. The molecule has 10 heteroatoms. The van der Waals surface area contributed by atoms with E-state index in [4.69, 9.17) is 22.8 Å². The van der Waals surface area contributed by atoms with Gasteiger partial charge in [-0.3, -0.25) is 9.52 Å². The Balaban J connectivity index is 1.61. The van der Waals surface area contributed by atoms with Gasteiger partial charge in [0.25, 0.3) is 15.9 Å². The highest BCUT2D eigenvalue weighted by molar-refractivity contribution is 7.92. The number of anilines is 1. The Hall–Kier alpha value is -3.58. The molecule has 0 saturated carbocycles. The predicted octanol–water partition coefficient (Wildman–Crippen LogP) is 4.54. The van der Waals surface area contributed by atoms with Crippen molar-refractivity contribution < 1.29 is 17.9 Å². The standard InChI is InChI=1S/C24H18ClN3O4S2/c1-3-14-28-21-13-10-19(32-2)15-22(21)33-24(28)26-23(29)16-4-8-18(9-5-16)27-34(30,31)20-11-6-17(25)7-12-20/h1,4-13,15,27H,14H2,2H3. The van der Waals surface area contributed by atoms with Gasteiger partial charge in [-0.1, -0.05) is 28.9 Å². The van der Waals surface area contributed by atoms with Gasteiger partial charge in [0, 0.05) is 16.3 Å². The molecule has 7 nitrogen and oxygen atoms in total. The van der Waals surface area contributed by atoms with E-state index in [-0.39, 0.29) is 11.4 Å². The first-order valence-electron chi connectivity index (χ1n) is 9.89. The van der Waals surface area contributed by atoms with Gasteiger partial charge in [0.1, 0.15) is 5.75 Å². The van der Waals surface area contributed by atoms with Crippen molar-refractivity contribution in [3.05, 3.63) is 82.1 Å². The van der Waals surface area contributed by atoms with Crippen LogP contribution in [0, 0.1) is 12.3 Å². The van der Waals surface area contributed by atoms with Crippen LogP contribution in [0.15, 0.2) is 76.6 Å². The smallest absolute Gasteiger partial charge is 0.279 e. The summed E-state index contributed by atoms with van der Waals surface area (Å²) in [7, 11) is -2.21. The normalized spacial score (nSPS) is 11.9. The molecule has 34 heavy (non-hydrogen) atoms. The minimum Gasteiger partial charge on any atom is -0.497 e. The van der Waals surface area contributed by atoms with Crippen molar-refractivity contribution in [2.45, 2.75) is 11.4 Å². The molecule has 0 bridgehead atoms. The van der Waals surface area contributed by atoms with Crippen LogP contribution in [-0.2, 0) is 16.6 Å². The van der Waals surface area contributed by atoms with Gasteiger partial charge in [0.15, 0.2) is 4.80 Å². The lowest BCUT2D eigenvalue weighted by Crippen LogP contribution is -2.16. The molecule has 1 heterocycles. The van der Waals surface area contributed by atoms with Crippen LogP contribution in [0.4, 0.5) is 5.69 Å². The van der Waals surface area contributed by atoms with Crippen LogP contribution in [0.2, 0.25) is 5.02 Å². The third-order valence-corrected chi connectivity index (χ3v) is 7.53. The fraction of sp³-hybridized carbons (Fsp3) is 0.0833. The first-order valence-corrected chi connectivity index (χ1v) is 12.6. The predicted molar refractivity (Wildman–Crippen MR) is 134 cm³/mol. The van der Waals surface area contributed by atoms with E-state index in [9.17, 15) is 13.2 Å². The largest absolute Gasteiger partial charge is 0.497 e. The maximum Gasteiger partial charge on any atom is 0.279 e. The highest BCUT2D eigenvalue weighted by atomic mass is 35.5. The van der Waals surface area contributed by atoms with Gasteiger partial charge in [-0.25, -0.2) is 8.42 Å². The van der Waals surface area contributed by atoms with Gasteiger partial charge in [-0.15, -0.1) is 6.42 Å². The van der Waals surface area contributed by atoms with Crippen molar-refractivity contribution >= 4 is 54.8 Å². The lowest BCUT2D eigenvalue weighted by Gasteiger charge is -2.08. The molecule has 4 aromatic rings. The quantitative estimate of drug-likeness (QED) is 0.385. The van der Waals surface area contributed by atoms with E-state index in [2.05, 4.69) is 15.6 Å². The molecule has 4 rings (SSSR count). The van der Waals surface area contributed by atoms with Crippen LogP contribution in [0.1, 0.15) is 10.4 Å². The number of carbonyl (C=O) groups excluding carboxylic acids is 1. The number of thiazole rings is 1. The van der Waals surface area contributed by atoms with Crippen LogP contribution in [0.5, 0.6) is 5.75 Å². The number of hydrogen-bond donors (Lipinski definition) is 1. The zero-order chi connectivity index (χ0) is 24.3. The van der Waals surface area contributed by atoms with Crippen LogP contribution >= 0.6 is 22.9 Å². The third-order valence-electron chi connectivity index (χ3n) is 4.84. The molecule has 0 spiro atoms. The topological polar surface area (TPSA) is 89.8 Å². The van der Waals surface area contributed by atoms with E-state index >= 15 is 0 Å². The molecule has 0 saturated heterocycles. The number of rotatable bonds is 6. The average Bonchev–Trinajstić information content (AvgIpc) is 3.15. The number of amides is 1. The summed E-state index contributed by atoms with van der Waals surface area (Å²) in [5, 5.41) is 0.437. The Kier molecular flexibility index (Phi) is 6.75. The minimum absolute atomic E-state index is 0.0755. The number of carbonyl (C=O) groups is 1. The van der Waals surface area contributed by atoms with E-state index in [0.717, 1.165) is 10.2 Å². The number of nitrogens with one attached hydrogen (secondary N) is 1. The molecule has 1 N–H and O–H groups in total. The van der Waals surface area contributed by atoms with E-state index in [1.807, 2.05) is 18.2 Å². The zero-order valence-electron chi connectivity index (χ0n) is 17.9. The average molecular weight is 512 g/mol. The summed E-state index contributed by atoms with van der Waals surface area (Å²) in [4.78, 5) is 17.6. The number of nitrogens with zero attached hydrogens (tertiary/aromatic N) is 2. The van der Waals surface area contributed by atoms with Crippen molar-refractivity contribution in [1.29, 1.82) is 0 Å². The van der Waals surface area contributed by atoms with Gasteiger partial charge in [-0.05, 0) is 66.7 Å². The molecule has 0 radical (unpaired) electrons. The van der Waals surface area contributed by atoms with Crippen LogP contribution in [0.3, 0.4) is 0 Å². The van der Waals surface area contributed by atoms with E-state index in [1.54, 1.807) is 11.7 Å². The number of methoxy groups -OCH3 is 1. The summed E-state index contributed by atoms with van der Waals surface area (Å²) >= 11 is 7.14. The van der Waals surface area contributed by atoms with Gasteiger partial charge in [0.05, 0.1) is 28.8 Å². The van der Waals surface area contributed by atoms with Gasteiger partial charge in [-0.2, -0.15) is 4.99 Å². The monoisotopic (exact) mass is 511 g/mol. The number of terminal acetylenes is 1. The SMILES string of the molecule is C#CCn1c(=NC(=O)c2ccc(NS(=O)(=O)c3ccc(Cl)cc3)cc2)sc2cc(OC)ccc21. The van der Waals surface area contributed by atoms with Crippen LogP contribution in [0.25, 0.3) is 10.2 Å². The lowest BCUT2D eigenvalue weighted by molar-refractivity contribution is 0.0998. The second-order valence-corrected chi connectivity index (χ2v) is 10.2. The molecule has 3 aromatic carbocycles. The fourth-order valence-corrected chi connectivity index (χ4v) is 5.41. The molecule has 1 aromatic heterocycles. The molecule has 0 unspecified atom stereocenters. The molecular weight excluding hydrogens is 494 g/mol. The molecule has 1 amide bonds. The van der Waals surface area contributed by atoms with Crippen LogP contribution < -0.4 is 14.3 Å². The third kappa shape index (κ3) is 4.99. The maximum absolute atomic E-state index is 12.8. The number of sulfonamides is 1. The van der Waals surface area contributed by atoms with Crippen molar-refractivity contribution in [3.63, 3.8) is 0 Å². The van der Waals surface area contributed by atoms with Gasteiger partial charge in [0.2, 0.25) is 0 Å². The summed E-state index contributed by atoms with van der Waals surface area (Å²) < 4.78 is 35.5. The fourth-order valence-electron chi connectivity index (χ4n) is 3.17. The van der Waals surface area contributed by atoms with Crippen molar-refractivity contribution in [1.82, 2.24) is 4.57 Å². The van der Waals surface area contributed by atoms with E-state index in [1.165, 1.54) is 59.9 Å². The Bertz CT molecular complexity index is 1580. The zero-order valence-corrected chi connectivity index (χ0v) is 20.2. The Morgan fingerprint density at radius 1 is 1.15 bits per heavy atom. The van der Waals surface area contributed by atoms with Gasteiger partial charge < -0.3 is 9.30 Å². The lowest BCUT2D eigenvalue weighted by atomic mass is 10.2. The molecule has 0 aliphatic rings. The number of ether oxygens (including phenoxy) is 1. The minimum atomic E-state index is -3.79. The number of halogens is 1. The molecule has 0 aliphatic carbocycles. The van der Waals surface area contributed by atoms with Crippen LogP contribution in [-0.4, -0.2) is 26.0 Å². The van der Waals surface area contributed by atoms with E-state index in [0.29, 0.717) is 26.8 Å². The number of benzene rings is 3. The van der Waals surface area contributed by atoms with Crippen molar-refractivity contribution in [3.8, 4) is 18.1 Å². The maximum atomic E-state index is 12.8.